The molecule has 0 aromatic heterocycles. The summed E-state index contributed by atoms with van der Waals surface area (Å²) in [6.45, 7) is 7.26. The molecule has 0 spiro atoms. The highest BCUT2D eigenvalue weighted by atomic mass is 32.9. The van der Waals surface area contributed by atoms with Crippen LogP contribution in [0.3, 0.4) is 0 Å². The lowest BCUT2D eigenvalue weighted by atomic mass is 9.96. The van der Waals surface area contributed by atoms with Crippen molar-refractivity contribution >= 4 is 35.1 Å². The van der Waals surface area contributed by atoms with Crippen LogP contribution in [0.1, 0.15) is 59.3 Å². The summed E-state index contributed by atoms with van der Waals surface area (Å²) in [7, 11) is 0. The fraction of sp³-hybridized carbons (Fsp3) is 0.929. The van der Waals surface area contributed by atoms with Crippen molar-refractivity contribution in [3.63, 3.8) is 0 Å². The van der Waals surface area contributed by atoms with Gasteiger partial charge < -0.3 is 9.61 Å². The Kier molecular flexibility index (Phi) is 9.43. The lowest BCUT2D eigenvalue weighted by Crippen LogP contribution is -2.14. The predicted octanol–water partition coefficient (Wildman–Crippen LogP) is 4.98. The minimum Gasteiger partial charge on any atom is -0.326 e. The van der Waals surface area contributed by atoms with E-state index in [2.05, 4.69) is 30.9 Å². The van der Waals surface area contributed by atoms with Crippen molar-refractivity contribution in [2.75, 3.05) is 12.4 Å². The van der Waals surface area contributed by atoms with E-state index in [0.717, 1.165) is 18.8 Å². The van der Waals surface area contributed by atoms with Gasteiger partial charge in [0.05, 0.1) is 19.0 Å². The fourth-order valence-corrected chi connectivity index (χ4v) is 6.57. The van der Waals surface area contributed by atoms with Crippen molar-refractivity contribution < 1.29 is 4.52 Å². The molecular formula is C14H29N2OPS2. The van der Waals surface area contributed by atoms with Gasteiger partial charge in [0.1, 0.15) is 0 Å². The van der Waals surface area contributed by atoms with Crippen molar-refractivity contribution in [1.82, 2.24) is 5.09 Å². The molecule has 1 atom stereocenters. The van der Waals surface area contributed by atoms with E-state index in [-0.39, 0.29) is 0 Å². The second-order valence-electron chi connectivity index (χ2n) is 5.72. The van der Waals surface area contributed by atoms with E-state index in [9.17, 15) is 0 Å². The Bertz CT molecular complexity index is 331. The third kappa shape index (κ3) is 8.02. The summed E-state index contributed by atoms with van der Waals surface area (Å²) in [5, 5.41) is 3.31. The number of rotatable bonds is 9. The smallest absolute Gasteiger partial charge is 0.211 e. The molecule has 0 saturated heterocycles. The molecular weight excluding hydrogens is 307 g/mol. The zero-order valence-corrected chi connectivity index (χ0v) is 15.5. The SMILES string of the molecule is CCCOP(=S)(NC=NC1CCCCC1)SCC(C)C. The molecule has 20 heavy (non-hydrogen) atoms. The van der Waals surface area contributed by atoms with E-state index in [1.165, 1.54) is 32.1 Å². The molecule has 0 aromatic carbocycles. The zero-order chi connectivity index (χ0) is 14.8. The standard InChI is InChI=1S/C14H29N2OPS2/c1-4-10-17-18(19,20-11-13(2)3)16-12-15-14-8-6-5-7-9-14/h12-14H,4-11H2,1-3H3,(H,15,16,19). The molecule has 3 nitrogen and oxygen atoms in total. The zero-order valence-electron chi connectivity index (χ0n) is 13.0. The molecule has 6 heteroatoms. The van der Waals surface area contributed by atoms with Gasteiger partial charge >= 0.3 is 0 Å². The van der Waals surface area contributed by atoms with Crippen LogP contribution in [0.25, 0.3) is 0 Å². The van der Waals surface area contributed by atoms with Gasteiger partial charge in [-0.2, -0.15) is 0 Å². The van der Waals surface area contributed by atoms with E-state index in [4.69, 9.17) is 16.3 Å². The van der Waals surface area contributed by atoms with Crippen LogP contribution in [0.2, 0.25) is 0 Å². The van der Waals surface area contributed by atoms with Crippen LogP contribution in [0, 0.1) is 5.92 Å². The lowest BCUT2D eigenvalue weighted by Gasteiger charge is -2.23. The van der Waals surface area contributed by atoms with Gasteiger partial charge in [0.25, 0.3) is 0 Å². The van der Waals surface area contributed by atoms with Crippen molar-refractivity contribution in [1.29, 1.82) is 0 Å². The molecule has 1 rings (SSSR count). The molecule has 1 aliphatic carbocycles. The van der Waals surface area contributed by atoms with Crippen molar-refractivity contribution in [3.8, 4) is 0 Å². The quantitative estimate of drug-likeness (QED) is 0.366. The lowest BCUT2D eigenvalue weighted by molar-refractivity contribution is 0.356. The Morgan fingerprint density at radius 1 is 1.40 bits per heavy atom. The average Bonchev–Trinajstić information content (AvgIpc) is 2.44. The van der Waals surface area contributed by atoms with Crippen LogP contribution in [-0.2, 0) is 16.3 Å². The van der Waals surface area contributed by atoms with Gasteiger partial charge in [0.2, 0.25) is 5.62 Å². The van der Waals surface area contributed by atoms with Gasteiger partial charge in [-0.3, -0.25) is 4.99 Å². The van der Waals surface area contributed by atoms with Crippen molar-refractivity contribution in [2.24, 2.45) is 10.9 Å². The molecule has 0 radical (unpaired) electrons. The summed E-state index contributed by atoms with van der Waals surface area (Å²) in [5.74, 6) is 1.66. The highest BCUT2D eigenvalue weighted by Gasteiger charge is 2.18. The molecule has 1 aliphatic rings. The van der Waals surface area contributed by atoms with Crippen LogP contribution in [0.15, 0.2) is 4.99 Å². The number of aliphatic imine (C=N–C) groups is 1. The van der Waals surface area contributed by atoms with Crippen LogP contribution < -0.4 is 5.09 Å². The van der Waals surface area contributed by atoms with Gasteiger partial charge in [-0.1, -0.05) is 51.4 Å². The maximum absolute atomic E-state index is 5.91. The third-order valence-electron chi connectivity index (χ3n) is 3.12. The number of nitrogens with zero attached hydrogens (tertiary/aromatic N) is 1. The highest BCUT2D eigenvalue weighted by Crippen LogP contribution is 2.56. The molecule has 0 heterocycles. The first-order chi connectivity index (χ1) is 9.56. The molecule has 0 aliphatic heterocycles. The first-order valence-corrected chi connectivity index (χ1v) is 12.1. The van der Waals surface area contributed by atoms with Crippen molar-refractivity contribution in [3.05, 3.63) is 0 Å². The molecule has 1 unspecified atom stereocenters. The maximum atomic E-state index is 5.91. The Labute approximate surface area is 133 Å². The summed E-state index contributed by atoms with van der Waals surface area (Å²) in [5.41, 5.74) is -2.01. The largest absolute Gasteiger partial charge is 0.326 e. The Hall–Kier alpha value is 0.430. The first-order valence-electron chi connectivity index (χ1n) is 7.74. The monoisotopic (exact) mass is 336 g/mol. The van der Waals surface area contributed by atoms with Gasteiger partial charge in [0.15, 0.2) is 0 Å². The van der Waals surface area contributed by atoms with Crippen LogP contribution >= 0.6 is 17.0 Å². The number of hydrogen-bond donors (Lipinski definition) is 1. The van der Waals surface area contributed by atoms with E-state index >= 15 is 0 Å². The number of nitrogens with one attached hydrogen (secondary N) is 1. The Morgan fingerprint density at radius 2 is 2.10 bits per heavy atom. The van der Waals surface area contributed by atoms with E-state index < -0.39 is 5.62 Å². The topological polar surface area (TPSA) is 33.6 Å². The minimum absolute atomic E-state index is 0.487. The summed E-state index contributed by atoms with van der Waals surface area (Å²) in [6.07, 6.45) is 9.25. The Balaban J connectivity index is 2.45. The highest BCUT2D eigenvalue weighted by molar-refractivity contribution is 8.68. The maximum Gasteiger partial charge on any atom is 0.211 e. The van der Waals surface area contributed by atoms with Crippen molar-refractivity contribution in [2.45, 2.75) is 65.3 Å². The third-order valence-corrected chi connectivity index (χ3v) is 8.91. The van der Waals surface area contributed by atoms with Gasteiger partial charge in [-0.05, 0) is 37.0 Å². The molecule has 0 aromatic rings. The minimum atomic E-state index is -2.01. The van der Waals surface area contributed by atoms with Gasteiger partial charge in [-0.25, -0.2) is 0 Å². The second-order valence-corrected chi connectivity index (χ2v) is 12.4. The fourth-order valence-electron chi connectivity index (χ4n) is 2.01. The molecule has 118 valence electrons. The molecule has 0 amide bonds. The summed E-state index contributed by atoms with van der Waals surface area (Å²) in [4.78, 5) is 4.64. The normalized spacial score (nSPS) is 20.4. The van der Waals surface area contributed by atoms with E-state index in [0.29, 0.717) is 12.0 Å². The summed E-state index contributed by atoms with van der Waals surface area (Å²) in [6, 6.07) is 0.487. The predicted molar refractivity (Wildman–Crippen MR) is 96.3 cm³/mol. The van der Waals surface area contributed by atoms with Crippen LogP contribution in [0.4, 0.5) is 0 Å². The van der Waals surface area contributed by atoms with E-state index in [1.807, 2.05) is 6.34 Å². The number of hydrogen-bond acceptors (Lipinski definition) is 4. The Morgan fingerprint density at radius 3 is 2.70 bits per heavy atom. The summed E-state index contributed by atoms with van der Waals surface area (Å²) >= 11 is 7.46. The summed E-state index contributed by atoms with van der Waals surface area (Å²) < 4.78 is 5.91. The van der Waals surface area contributed by atoms with Gasteiger partial charge in [-0.15, -0.1) is 0 Å². The van der Waals surface area contributed by atoms with Gasteiger partial charge in [0, 0.05) is 5.75 Å². The first kappa shape index (κ1) is 18.5. The average molecular weight is 337 g/mol. The van der Waals surface area contributed by atoms with Crippen LogP contribution in [-0.4, -0.2) is 24.7 Å². The van der Waals surface area contributed by atoms with Crippen LogP contribution in [0.5, 0.6) is 0 Å². The second kappa shape index (κ2) is 10.2. The molecule has 1 N–H and O–H groups in total. The molecule has 1 fully saturated rings. The van der Waals surface area contributed by atoms with E-state index in [1.54, 1.807) is 11.4 Å². The molecule has 1 saturated carbocycles. The molecule has 0 bridgehead atoms.